The van der Waals surface area contributed by atoms with Gasteiger partial charge in [-0.15, -0.1) is 0 Å². The van der Waals surface area contributed by atoms with Crippen LogP contribution >= 0.6 is 0 Å². The molecule has 23 heavy (non-hydrogen) atoms. The molecular weight excluding hydrogens is 314 g/mol. The van der Waals surface area contributed by atoms with E-state index >= 15 is 0 Å². The van der Waals surface area contributed by atoms with E-state index in [0.29, 0.717) is 19.6 Å². The van der Waals surface area contributed by atoms with Crippen molar-refractivity contribution >= 4 is 21.5 Å². The average Bonchev–Trinajstić information content (AvgIpc) is 3.11. The van der Waals surface area contributed by atoms with Crippen LogP contribution in [0.15, 0.2) is 6.07 Å². The highest BCUT2D eigenvalue weighted by atomic mass is 32.2. The second-order valence-corrected chi connectivity index (χ2v) is 8.17. The van der Waals surface area contributed by atoms with Gasteiger partial charge in [0.05, 0.1) is 11.4 Å². The maximum absolute atomic E-state index is 12.3. The van der Waals surface area contributed by atoms with Gasteiger partial charge in [-0.2, -0.15) is 9.61 Å². The van der Waals surface area contributed by atoms with Crippen molar-refractivity contribution in [2.45, 2.75) is 33.6 Å². The van der Waals surface area contributed by atoms with Gasteiger partial charge in [0.2, 0.25) is 10.0 Å². The van der Waals surface area contributed by atoms with Gasteiger partial charge in [0.1, 0.15) is 5.82 Å². The molecular formula is C15H23N5O2S. The van der Waals surface area contributed by atoms with Gasteiger partial charge in [0.25, 0.3) is 0 Å². The molecule has 0 unspecified atom stereocenters. The largest absolute Gasteiger partial charge is 0.369 e. The van der Waals surface area contributed by atoms with Crippen LogP contribution < -0.4 is 5.32 Å². The summed E-state index contributed by atoms with van der Waals surface area (Å²) in [5, 5.41) is 7.68. The Labute approximate surface area is 136 Å². The monoisotopic (exact) mass is 337 g/mol. The van der Waals surface area contributed by atoms with Crippen LogP contribution in [0, 0.1) is 20.8 Å². The molecule has 3 heterocycles. The third-order valence-electron chi connectivity index (χ3n) is 4.31. The molecule has 0 amide bonds. The van der Waals surface area contributed by atoms with E-state index in [1.165, 1.54) is 0 Å². The SMILES string of the molecule is Cc1cc(NCCS(=O)(=O)N2CCCC2)n2nc(C)c(C)c2n1. The predicted octanol–water partition coefficient (Wildman–Crippen LogP) is 1.49. The fraction of sp³-hybridized carbons (Fsp3) is 0.600. The first-order valence-corrected chi connectivity index (χ1v) is 9.55. The Morgan fingerprint density at radius 1 is 1.22 bits per heavy atom. The van der Waals surface area contributed by atoms with Gasteiger partial charge < -0.3 is 5.32 Å². The summed E-state index contributed by atoms with van der Waals surface area (Å²) in [6.45, 7) is 7.52. The Bertz CT molecular complexity index is 822. The summed E-state index contributed by atoms with van der Waals surface area (Å²) < 4.78 is 27.9. The highest BCUT2D eigenvalue weighted by Gasteiger charge is 2.24. The van der Waals surface area contributed by atoms with Crippen molar-refractivity contribution in [1.82, 2.24) is 18.9 Å². The van der Waals surface area contributed by atoms with Gasteiger partial charge in [0.15, 0.2) is 5.65 Å². The number of nitrogens with zero attached hydrogens (tertiary/aromatic N) is 4. The number of anilines is 1. The highest BCUT2D eigenvalue weighted by Crippen LogP contribution is 2.18. The summed E-state index contributed by atoms with van der Waals surface area (Å²) >= 11 is 0. The Kier molecular flexibility index (Phi) is 4.29. The van der Waals surface area contributed by atoms with Crippen molar-refractivity contribution in [1.29, 1.82) is 0 Å². The van der Waals surface area contributed by atoms with Crippen molar-refractivity contribution in [3.63, 3.8) is 0 Å². The van der Waals surface area contributed by atoms with E-state index in [0.717, 1.165) is 41.3 Å². The maximum atomic E-state index is 12.3. The molecule has 1 N–H and O–H groups in total. The summed E-state index contributed by atoms with van der Waals surface area (Å²) in [5.41, 5.74) is 3.66. The average molecular weight is 337 g/mol. The van der Waals surface area contributed by atoms with Gasteiger partial charge in [-0.3, -0.25) is 0 Å². The molecule has 1 aliphatic rings. The van der Waals surface area contributed by atoms with Crippen LogP contribution in [0.2, 0.25) is 0 Å². The summed E-state index contributed by atoms with van der Waals surface area (Å²) in [4.78, 5) is 4.51. The number of hydrogen-bond donors (Lipinski definition) is 1. The smallest absolute Gasteiger partial charge is 0.215 e. The van der Waals surface area contributed by atoms with Crippen molar-refractivity contribution in [3.8, 4) is 0 Å². The number of hydrogen-bond acceptors (Lipinski definition) is 5. The number of aryl methyl sites for hydroxylation is 3. The minimum atomic E-state index is -3.17. The first kappa shape index (κ1) is 16.2. The normalized spacial score (nSPS) is 16.3. The van der Waals surface area contributed by atoms with Gasteiger partial charge in [-0.1, -0.05) is 0 Å². The molecule has 1 fully saturated rings. The van der Waals surface area contributed by atoms with Crippen molar-refractivity contribution in [2.75, 3.05) is 30.7 Å². The Hall–Kier alpha value is -1.67. The first-order valence-electron chi connectivity index (χ1n) is 7.94. The van der Waals surface area contributed by atoms with Gasteiger partial charge in [-0.25, -0.2) is 17.7 Å². The standard InChI is InChI=1S/C15H23N5O2S/c1-11-10-14(20-15(17-11)12(2)13(3)18-20)16-6-9-23(21,22)19-7-4-5-8-19/h10,16H,4-9H2,1-3H3. The minimum Gasteiger partial charge on any atom is -0.369 e. The molecule has 0 atom stereocenters. The topological polar surface area (TPSA) is 79.6 Å². The molecule has 0 spiro atoms. The van der Waals surface area contributed by atoms with Crippen LogP contribution in [0.3, 0.4) is 0 Å². The van der Waals surface area contributed by atoms with Crippen LogP contribution in [0.4, 0.5) is 5.82 Å². The number of sulfonamides is 1. The zero-order chi connectivity index (χ0) is 16.6. The van der Waals surface area contributed by atoms with Crippen LogP contribution in [0.25, 0.3) is 5.65 Å². The Morgan fingerprint density at radius 2 is 1.91 bits per heavy atom. The van der Waals surface area contributed by atoms with Crippen molar-refractivity contribution in [2.24, 2.45) is 0 Å². The molecule has 126 valence electrons. The quantitative estimate of drug-likeness (QED) is 0.894. The predicted molar refractivity (Wildman–Crippen MR) is 90.3 cm³/mol. The maximum Gasteiger partial charge on any atom is 0.215 e. The second-order valence-electron chi connectivity index (χ2n) is 6.08. The van der Waals surface area contributed by atoms with E-state index in [2.05, 4.69) is 15.4 Å². The lowest BCUT2D eigenvalue weighted by Gasteiger charge is -2.16. The lowest BCUT2D eigenvalue weighted by Crippen LogP contribution is -2.32. The van der Waals surface area contributed by atoms with E-state index < -0.39 is 10.0 Å². The fourth-order valence-corrected chi connectivity index (χ4v) is 4.31. The fourth-order valence-electron chi connectivity index (χ4n) is 2.88. The molecule has 1 aliphatic heterocycles. The number of nitrogens with one attached hydrogen (secondary N) is 1. The van der Waals surface area contributed by atoms with Gasteiger partial charge >= 0.3 is 0 Å². The summed E-state index contributed by atoms with van der Waals surface area (Å²) in [5.74, 6) is 0.870. The lowest BCUT2D eigenvalue weighted by molar-refractivity contribution is 0.478. The van der Waals surface area contributed by atoms with Crippen LogP contribution in [-0.2, 0) is 10.0 Å². The van der Waals surface area contributed by atoms with Crippen LogP contribution in [0.5, 0.6) is 0 Å². The number of aromatic nitrogens is 3. The Morgan fingerprint density at radius 3 is 2.61 bits per heavy atom. The third kappa shape index (κ3) is 3.18. The summed E-state index contributed by atoms with van der Waals surface area (Å²) in [7, 11) is -3.17. The van der Waals surface area contributed by atoms with E-state index in [1.807, 2.05) is 26.8 Å². The molecule has 0 saturated carbocycles. The summed E-state index contributed by atoms with van der Waals surface area (Å²) in [6, 6.07) is 1.89. The van der Waals surface area contributed by atoms with E-state index in [9.17, 15) is 8.42 Å². The van der Waals surface area contributed by atoms with Crippen molar-refractivity contribution < 1.29 is 8.42 Å². The second kappa shape index (κ2) is 6.09. The zero-order valence-corrected chi connectivity index (χ0v) is 14.7. The lowest BCUT2D eigenvalue weighted by atomic mass is 10.3. The molecule has 0 aromatic carbocycles. The zero-order valence-electron chi connectivity index (χ0n) is 13.8. The molecule has 3 rings (SSSR count). The van der Waals surface area contributed by atoms with Gasteiger partial charge in [0, 0.05) is 37.0 Å². The highest BCUT2D eigenvalue weighted by molar-refractivity contribution is 7.89. The van der Waals surface area contributed by atoms with Crippen LogP contribution in [0.1, 0.15) is 29.8 Å². The number of rotatable bonds is 5. The van der Waals surface area contributed by atoms with Gasteiger partial charge in [-0.05, 0) is 33.6 Å². The minimum absolute atomic E-state index is 0.0924. The molecule has 1 saturated heterocycles. The summed E-state index contributed by atoms with van der Waals surface area (Å²) in [6.07, 6.45) is 1.92. The molecule has 0 radical (unpaired) electrons. The molecule has 7 nitrogen and oxygen atoms in total. The number of fused-ring (bicyclic) bond motifs is 1. The van der Waals surface area contributed by atoms with E-state index in [1.54, 1.807) is 8.82 Å². The Balaban J connectivity index is 1.76. The third-order valence-corrected chi connectivity index (χ3v) is 6.18. The molecule has 0 bridgehead atoms. The molecule has 2 aromatic heterocycles. The first-order chi connectivity index (χ1) is 10.9. The van der Waals surface area contributed by atoms with E-state index in [-0.39, 0.29) is 5.75 Å². The molecule has 0 aliphatic carbocycles. The molecule has 2 aromatic rings. The molecule has 8 heteroatoms. The van der Waals surface area contributed by atoms with Crippen LogP contribution in [-0.4, -0.2) is 52.7 Å². The van der Waals surface area contributed by atoms with Crippen molar-refractivity contribution in [3.05, 3.63) is 23.0 Å². The van der Waals surface area contributed by atoms with E-state index in [4.69, 9.17) is 0 Å².